The molecule has 0 fully saturated rings. The van der Waals surface area contributed by atoms with Crippen molar-refractivity contribution < 1.29 is 9.84 Å². The van der Waals surface area contributed by atoms with Crippen molar-refractivity contribution in [3.05, 3.63) is 58.6 Å². The monoisotopic (exact) mass is 278 g/mol. The molecule has 0 heterocycles. The molecule has 0 aliphatic rings. The average Bonchev–Trinajstić information content (AvgIpc) is 2.27. The summed E-state index contributed by atoms with van der Waals surface area (Å²) in [5.41, 5.74) is 1.10. The van der Waals surface area contributed by atoms with Crippen LogP contribution in [0, 0.1) is 0 Å². The van der Waals surface area contributed by atoms with Crippen molar-refractivity contribution in [2.75, 3.05) is 0 Å². The van der Waals surface area contributed by atoms with Gasteiger partial charge < -0.3 is 9.84 Å². The molecule has 0 radical (unpaired) electrons. The fourth-order valence-electron chi connectivity index (χ4n) is 1.37. The van der Waals surface area contributed by atoms with Crippen molar-refractivity contribution in [1.82, 2.24) is 0 Å². The number of rotatable bonds is 3. The lowest BCUT2D eigenvalue weighted by atomic mass is 10.2. The van der Waals surface area contributed by atoms with E-state index in [1.165, 1.54) is 0 Å². The SMILES string of the molecule is Oc1cc(Br)cc(OCc2ccccc2)c1. The first-order chi connectivity index (χ1) is 7.74. The molecule has 2 aromatic rings. The summed E-state index contributed by atoms with van der Waals surface area (Å²) in [6, 6.07) is 14.9. The molecule has 0 aromatic heterocycles. The summed E-state index contributed by atoms with van der Waals surface area (Å²) in [4.78, 5) is 0. The Morgan fingerprint density at radius 1 is 1.06 bits per heavy atom. The molecule has 0 bridgehead atoms. The van der Waals surface area contributed by atoms with Crippen LogP contribution >= 0.6 is 15.9 Å². The Kier molecular flexibility index (Phi) is 3.47. The van der Waals surface area contributed by atoms with E-state index >= 15 is 0 Å². The third-order valence-electron chi connectivity index (χ3n) is 2.10. The van der Waals surface area contributed by atoms with Crippen LogP contribution in [0.15, 0.2) is 53.0 Å². The molecule has 16 heavy (non-hydrogen) atoms. The first-order valence-electron chi connectivity index (χ1n) is 4.90. The molecule has 3 heteroatoms. The van der Waals surface area contributed by atoms with Crippen molar-refractivity contribution in [2.24, 2.45) is 0 Å². The van der Waals surface area contributed by atoms with E-state index in [2.05, 4.69) is 15.9 Å². The molecule has 1 N–H and O–H groups in total. The normalized spacial score (nSPS) is 10.1. The highest BCUT2D eigenvalue weighted by molar-refractivity contribution is 9.10. The molecule has 0 amide bonds. The van der Waals surface area contributed by atoms with Crippen LogP contribution in [-0.2, 0) is 6.61 Å². The predicted octanol–water partition coefficient (Wildman–Crippen LogP) is 3.73. The van der Waals surface area contributed by atoms with Gasteiger partial charge in [0, 0.05) is 10.5 Å². The third-order valence-corrected chi connectivity index (χ3v) is 2.56. The van der Waals surface area contributed by atoms with Gasteiger partial charge in [0.25, 0.3) is 0 Å². The number of hydrogen-bond donors (Lipinski definition) is 1. The summed E-state index contributed by atoms with van der Waals surface area (Å²) in [6.45, 7) is 0.497. The van der Waals surface area contributed by atoms with E-state index in [0.29, 0.717) is 12.4 Å². The quantitative estimate of drug-likeness (QED) is 0.927. The van der Waals surface area contributed by atoms with Gasteiger partial charge in [-0.25, -0.2) is 0 Å². The molecule has 0 spiro atoms. The van der Waals surface area contributed by atoms with Crippen molar-refractivity contribution in [2.45, 2.75) is 6.61 Å². The second-order valence-corrected chi connectivity index (χ2v) is 4.34. The number of benzene rings is 2. The Morgan fingerprint density at radius 2 is 1.81 bits per heavy atom. The predicted molar refractivity (Wildman–Crippen MR) is 66.6 cm³/mol. The summed E-state index contributed by atoms with van der Waals surface area (Å²) in [5, 5.41) is 9.38. The van der Waals surface area contributed by atoms with Crippen LogP contribution in [0.25, 0.3) is 0 Å². The van der Waals surface area contributed by atoms with Crippen LogP contribution in [-0.4, -0.2) is 5.11 Å². The van der Waals surface area contributed by atoms with E-state index < -0.39 is 0 Å². The second kappa shape index (κ2) is 5.03. The lowest BCUT2D eigenvalue weighted by Gasteiger charge is -2.07. The van der Waals surface area contributed by atoms with Crippen molar-refractivity contribution >= 4 is 15.9 Å². The standard InChI is InChI=1S/C13H11BrO2/c14-11-6-12(15)8-13(7-11)16-9-10-4-2-1-3-5-10/h1-8,15H,9H2. The topological polar surface area (TPSA) is 29.5 Å². The number of phenols is 1. The van der Waals surface area contributed by atoms with E-state index in [9.17, 15) is 5.11 Å². The van der Waals surface area contributed by atoms with Gasteiger partial charge in [-0.3, -0.25) is 0 Å². The van der Waals surface area contributed by atoms with Gasteiger partial charge in [-0.15, -0.1) is 0 Å². The first-order valence-corrected chi connectivity index (χ1v) is 5.69. The van der Waals surface area contributed by atoms with Crippen molar-refractivity contribution in [3.8, 4) is 11.5 Å². The van der Waals surface area contributed by atoms with Gasteiger partial charge in [-0.2, -0.15) is 0 Å². The van der Waals surface area contributed by atoms with Gasteiger partial charge in [0.15, 0.2) is 0 Å². The summed E-state index contributed by atoms with van der Waals surface area (Å²) < 4.78 is 6.37. The Morgan fingerprint density at radius 3 is 2.50 bits per heavy atom. The van der Waals surface area contributed by atoms with Gasteiger partial charge >= 0.3 is 0 Å². The summed E-state index contributed by atoms with van der Waals surface area (Å²) in [6.07, 6.45) is 0. The van der Waals surface area contributed by atoms with Gasteiger partial charge in [0.05, 0.1) is 0 Å². The van der Waals surface area contributed by atoms with Crippen molar-refractivity contribution in [1.29, 1.82) is 0 Å². The highest BCUT2D eigenvalue weighted by atomic mass is 79.9. The van der Waals surface area contributed by atoms with E-state index in [1.807, 2.05) is 36.4 Å². The largest absolute Gasteiger partial charge is 0.508 e. The smallest absolute Gasteiger partial charge is 0.124 e. The number of ether oxygens (including phenoxy) is 1. The summed E-state index contributed by atoms with van der Waals surface area (Å²) >= 11 is 3.30. The lowest BCUT2D eigenvalue weighted by molar-refractivity contribution is 0.304. The highest BCUT2D eigenvalue weighted by Crippen LogP contribution is 2.25. The maximum atomic E-state index is 9.38. The highest BCUT2D eigenvalue weighted by Gasteiger charge is 1.99. The van der Waals surface area contributed by atoms with Crippen LogP contribution in [0.1, 0.15) is 5.56 Å². The Balaban J connectivity index is 2.05. The number of aromatic hydroxyl groups is 1. The van der Waals surface area contributed by atoms with E-state index in [4.69, 9.17) is 4.74 Å². The van der Waals surface area contributed by atoms with Gasteiger partial charge in [0.1, 0.15) is 18.1 Å². The number of halogens is 1. The second-order valence-electron chi connectivity index (χ2n) is 3.42. The van der Waals surface area contributed by atoms with Crippen molar-refractivity contribution in [3.63, 3.8) is 0 Å². The van der Waals surface area contributed by atoms with Gasteiger partial charge in [0.2, 0.25) is 0 Å². The molecule has 0 aliphatic heterocycles. The molecule has 0 saturated heterocycles. The minimum absolute atomic E-state index is 0.192. The lowest BCUT2D eigenvalue weighted by Crippen LogP contribution is -1.94. The van der Waals surface area contributed by atoms with Crippen LogP contribution in [0.4, 0.5) is 0 Å². The average molecular weight is 279 g/mol. The first kappa shape index (κ1) is 11.0. The molecule has 0 saturated carbocycles. The third kappa shape index (κ3) is 3.00. The van der Waals surface area contributed by atoms with E-state index in [-0.39, 0.29) is 5.75 Å². The zero-order chi connectivity index (χ0) is 11.4. The van der Waals surface area contributed by atoms with Gasteiger partial charge in [-0.05, 0) is 17.7 Å². The molecule has 0 aliphatic carbocycles. The zero-order valence-corrected chi connectivity index (χ0v) is 10.1. The van der Waals surface area contributed by atoms with Crippen LogP contribution in [0.2, 0.25) is 0 Å². The Labute approximate surface area is 103 Å². The molecule has 2 rings (SSSR count). The number of hydrogen-bond acceptors (Lipinski definition) is 2. The maximum Gasteiger partial charge on any atom is 0.124 e. The molecule has 0 atom stereocenters. The minimum Gasteiger partial charge on any atom is -0.508 e. The van der Waals surface area contributed by atoms with E-state index in [1.54, 1.807) is 12.1 Å². The molecule has 0 unspecified atom stereocenters. The summed E-state index contributed by atoms with van der Waals surface area (Å²) in [5.74, 6) is 0.841. The maximum absolute atomic E-state index is 9.38. The molecular weight excluding hydrogens is 268 g/mol. The fraction of sp³-hybridized carbons (Fsp3) is 0.0769. The Hall–Kier alpha value is -1.48. The van der Waals surface area contributed by atoms with E-state index in [0.717, 1.165) is 10.0 Å². The zero-order valence-electron chi connectivity index (χ0n) is 8.56. The fourth-order valence-corrected chi connectivity index (χ4v) is 1.83. The van der Waals surface area contributed by atoms with Gasteiger partial charge in [-0.1, -0.05) is 46.3 Å². The molecular formula is C13H11BrO2. The molecule has 82 valence electrons. The molecule has 2 aromatic carbocycles. The van der Waals surface area contributed by atoms with Crippen LogP contribution in [0.3, 0.4) is 0 Å². The molecule has 2 nitrogen and oxygen atoms in total. The van der Waals surface area contributed by atoms with Crippen LogP contribution < -0.4 is 4.74 Å². The Bertz CT molecular complexity index is 448. The minimum atomic E-state index is 0.192. The van der Waals surface area contributed by atoms with Crippen LogP contribution in [0.5, 0.6) is 11.5 Å². The summed E-state index contributed by atoms with van der Waals surface area (Å²) in [7, 11) is 0. The number of phenolic OH excluding ortho intramolecular Hbond substituents is 1.